The third kappa shape index (κ3) is 6.17. The topological polar surface area (TPSA) is 48.1 Å². The van der Waals surface area contributed by atoms with Gasteiger partial charge in [0, 0.05) is 18.4 Å². The Morgan fingerprint density at radius 1 is 1.16 bits per heavy atom. The lowest BCUT2D eigenvalue weighted by Gasteiger charge is -2.25. The molecule has 0 aliphatic carbocycles. The summed E-state index contributed by atoms with van der Waals surface area (Å²) < 4.78 is 6.13. The van der Waals surface area contributed by atoms with Gasteiger partial charge in [0.2, 0.25) is 0 Å². The van der Waals surface area contributed by atoms with Crippen LogP contribution in [0.4, 0.5) is 0 Å². The molecule has 1 aromatic heterocycles. The lowest BCUT2D eigenvalue weighted by molar-refractivity contribution is -0.0195. The van der Waals surface area contributed by atoms with Gasteiger partial charge in [0.1, 0.15) is 0 Å². The van der Waals surface area contributed by atoms with Crippen molar-refractivity contribution in [2.24, 2.45) is 5.73 Å². The van der Waals surface area contributed by atoms with E-state index < -0.39 is 0 Å². The van der Waals surface area contributed by atoms with Crippen molar-refractivity contribution in [1.29, 1.82) is 0 Å². The van der Waals surface area contributed by atoms with Gasteiger partial charge in [-0.2, -0.15) is 0 Å². The lowest BCUT2D eigenvalue weighted by atomic mass is 10.0. The zero-order valence-electron chi connectivity index (χ0n) is 12.5. The van der Waals surface area contributed by atoms with E-state index in [4.69, 9.17) is 10.5 Å². The fourth-order valence-corrected chi connectivity index (χ4v) is 2.24. The molecule has 1 aromatic rings. The molecule has 0 saturated heterocycles. The van der Waals surface area contributed by atoms with E-state index in [1.807, 2.05) is 19.1 Å². The SMILES string of the molecule is CCCCCCC(C)OC(c1ccncc1)C(C)N. The molecular weight excluding hydrogens is 236 g/mol. The monoisotopic (exact) mass is 264 g/mol. The maximum atomic E-state index is 6.13. The molecule has 19 heavy (non-hydrogen) atoms. The van der Waals surface area contributed by atoms with E-state index in [0.717, 1.165) is 12.0 Å². The van der Waals surface area contributed by atoms with Crippen molar-refractivity contribution in [2.75, 3.05) is 0 Å². The van der Waals surface area contributed by atoms with Crippen molar-refractivity contribution in [2.45, 2.75) is 71.1 Å². The second-order valence-corrected chi connectivity index (χ2v) is 5.36. The lowest BCUT2D eigenvalue weighted by Crippen LogP contribution is -2.29. The number of rotatable bonds is 9. The first-order valence-electron chi connectivity index (χ1n) is 7.46. The van der Waals surface area contributed by atoms with Gasteiger partial charge in [-0.05, 0) is 38.0 Å². The van der Waals surface area contributed by atoms with E-state index in [2.05, 4.69) is 18.8 Å². The Kier molecular flexibility index (Phi) is 7.68. The number of unbranched alkanes of at least 4 members (excludes halogenated alkanes) is 3. The highest BCUT2D eigenvalue weighted by Crippen LogP contribution is 2.23. The summed E-state index contributed by atoms with van der Waals surface area (Å²) in [7, 11) is 0. The van der Waals surface area contributed by atoms with Crippen LogP contribution in [0.2, 0.25) is 0 Å². The Labute approximate surface area is 117 Å². The Hall–Kier alpha value is -0.930. The Balaban J connectivity index is 2.45. The van der Waals surface area contributed by atoms with Crippen molar-refractivity contribution < 1.29 is 4.74 Å². The van der Waals surface area contributed by atoms with Crippen LogP contribution in [0.15, 0.2) is 24.5 Å². The molecule has 3 atom stereocenters. The van der Waals surface area contributed by atoms with E-state index >= 15 is 0 Å². The zero-order valence-corrected chi connectivity index (χ0v) is 12.5. The molecule has 0 bridgehead atoms. The van der Waals surface area contributed by atoms with Crippen LogP contribution in [-0.2, 0) is 4.74 Å². The number of hydrogen-bond donors (Lipinski definition) is 1. The number of hydrogen-bond acceptors (Lipinski definition) is 3. The molecule has 0 aromatic carbocycles. The van der Waals surface area contributed by atoms with Gasteiger partial charge in [0.15, 0.2) is 0 Å². The minimum Gasteiger partial charge on any atom is -0.369 e. The Morgan fingerprint density at radius 3 is 2.42 bits per heavy atom. The summed E-state index contributed by atoms with van der Waals surface area (Å²) in [6.07, 6.45) is 10.0. The summed E-state index contributed by atoms with van der Waals surface area (Å²) in [6.45, 7) is 6.37. The third-order valence-corrected chi connectivity index (χ3v) is 3.36. The molecule has 0 spiro atoms. The highest BCUT2D eigenvalue weighted by Gasteiger charge is 2.19. The average Bonchev–Trinajstić information content (AvgIpc) is 2.41. The summed E-state index contributed by atoms with van der Waals surface area (Å²) in [4.78, 5) is 4.04. The van der Waals surface area contributed by atoms with Crippen LogP contribution in [0.3, 0.4) is 0 Å². The first-order chi connectivity index (χ1) is 9.15. The zero-order chi connectivity index (χ0) is 14.1. The van der Waals surface area contributed by atoms with Crippen molar-refractivity contribution in [3.8, 4) is 0 Å². The summed E-state index contributed by atoms with van der Waals surface area (Å²) in [5, 5.41) is 0. The number of pyridine rings is 1. The highest BCUT2D eigenvalue weighted by molar-refractivity contribution is 5.15. The Morgan fingerprint density at radius 2 is 1.84 bits per heavy atom. The van der Waals surface area contributed by atoms with Crippen LogP contribution in [0.1, 0.15) is 64.5 Å². The van der Waals surface area contributed by atoms with E-state index in [0.29, 0.717) is 0 Å². The fraction of sp³-hybridized carbons (Fsp3) is 0.688. The Bertz CT molecular complexity index is 327. The molecule has 0 aliphatic heterocycles. The number of ether oxygens (including phenoxy) is 1. The highest BCUT2D eigenvalue weighted by atomic mass is 16.5. The van der Waals surface area contributed by atoms with Crippen LogP contribution in [0.5, 0.6) is 0 Å². The standard InChI is InChI=1S/C16H28N2O/c1-4-5-6-7-8-13(2)19-16(14(3)17)15-9-11-18-12-10-15/h9-14,16H,4-8,17H2,1-3H3. The predicted octanol–water partition coefficient (Wildman–Crippen LogP) is 3.85. The number of aromatic nitrogens is 1. The van der Waals surface area contributed by atoms with Gasteiger partial charge >= 0.3 is 0 Å². The van der Waals surface area contributed by atoms with E-state index in [-0.39, 0.29) is 18.2 Å². The van der Waals surface area contributed by atoms with Gasteiger partial charge in [0.25, 0.3) is 0 Å². The third-order valence-electron chi connectivity index (χ3n) is 3.36. The van der Waals surface area contributed by atoms with Crippen LogP contribution < -0.4 is 5.73 Å². The van der Waals surface area contributed by atoms with Gasteiger partial charge in [0.05, 0.1) is 12.2 Å². The van der Waals surface area contributed by atoms with Gasteiger partial charge < -0.3 is 10.5 Å². The predicted molar refractivity (Wildman–Crippen MR) is 79.9 cm³/mol. The summed E-state index contributed by atoms with van der Waals surface area (Å²) in [5.41, 5.74) is 7.16. The second kappa shape index (κ2) is 9.05. The molecule has 3 heteroatoms. The molecule has 2 N–H and O–H groups in total. The van der Waals surface area contributed by atoms with Gasteiger partial charge in [-0.1, -0.05) is 32.6 Å². The second-order valence-electron chi connectivity index (χ2n) is 5.36. The molecule has 0 radical (unpaired) electrons. The van der Waals surface area contributed by atoms with E-state index in [1.54, 1.807) is 12.4 Å². The largest absolute Gasteiger partial charge is 0.369 e. The van der Waals surface area contributed by atoms with Gasteiger partial charge in [-0.15, -0.1) is 0 Å². The summed E-state index contributed by atoms with van der Waals surface area (Å²) in [6, 6.07) is 3.95. The van der Waals surface area contributed by atoms with Crippen LogP contribution in [0, 0.1) is 0 Å². The van der Waals surface area contributed by atoms with Crippen molar-refractivity contribution in [1.82, 2.24) is 4.98 Å². The van der Waals surface area contributed by atoms with Gasteiger partial charge in [-0.25, -0.2) is 0 Å². The average molecular weight is 264 g/mol. The molecule has 0 amide bonds. The van der Waals surface area contributed by atoms with E-state index in [1.165, 1.54) is 25.7 Å². The molecule has 3 unspecified atom stereocenters. The van der Waals surface area contributed by atoms with Crippen LogP contribution in [0.25, 0.3) is 0 Å². The van der Waals surface area contributed by atoms with Crippen molar-refractivity contribution in [3.05, 3.63) is 30.1 Å². The van der Waals surface area contributed by atoms with Crippen molar-refractivity contribution >= 4 is 0 Å². The minimum atomic E-state index is -0.0378. The molecule has 0 saturated carbocycles. The molecule has 108 valence electrons. The first-order valence-corrected chi connectivity index (χ1v) is 7.46. The molecular formula is C16H28N2O. The molecule has 3 nitrogen and oxygen atoms in total. The summed E-state index contributed by atoms with van der Waals surface area (Å²) in [5.74, 6) is 0. The van der Waals surface area contributed by atoms with Gasteiger partial charge in [-0.3, -0.25) is 4.98 Å². The summed E-state index contributed by atoms with van der Waals surface area (Å²) >= 11 is 0. The quantitative estimate of drug-likeness (QED) is 0.689. The van der Waals surface area contributed by atoms with Crippen molar-refractivity contribution in [3.63, 3.8) is 0 Å². The molecule has 0 aliphatic rings. The van der Waals surface area contributed by atoms with Crippen LogP contribution >= 0.6 is 0 Å². The molecule has 1 heterocycles. The minimum absolute atomic E-state index is 0.0134. The molecule has 0 fully saturated rings. The number of nitrogens with two attached hydrogens (primary N) is 1. The fourth-order valence-electron chi connectivity index (χ4n) is 2.24. The maximum Gasteiger partial charge on any atom is 0.0977 e. The first kappa shape index (κ1) is 16.1. The molecule has 1 rings (SSSR count). The normalized spacial score (nSPS) is 16.0. The smallest absolute Gasteiger partial charge is 0.0977 e. The van der Waals surface area contributed by atoms with Crippen LogP contribution in [-0.4, -0.2) is 17.1 Å². The number of nitrogens with zero attached hydrogens (tertiary/aromatic N) is 1. The van der Waals surface area contributed by atoms with E-state index in [9.17, 15) is 0 Å². The maximum absolute atomic E-state index is 6.13.